The molecule has 0 radical (unpaired) electrons. The predicted octanol–water partition coefficient (Wildman–Crippen LogP) is 2.29. The number of hydrogen-bond acceptors (Lipinski definition) is 2. The van der Waals surface area contributed by atoms with Crippen LogP contribution in [0.2, 0.25) is 0 Å². The van der Waals surface area contributed by atoms with E-state index in [9.17, 15) is 13.6 Å². The fourth-order valence-corrected chi connectivity index (χ4v) is 1.73. The van der Waals surface area contributed by atoms with Gasteiger partial charge in [0.15, 0.2) is 0 Å². The standard InChI is InChI=1S/C8H9F2IN2O2/c9-8(10)7-5(11)4-13(12-7)3-1-2-6(14)15/h4,8H,1-3H2,(H,14,15). The second kappa shape index (κ2) is 5.38. The maximum absolute atomic E-state index is 12.3. The Bertz CT molecular complexity index is 354. The zero-order chi connectivity index (χ0) is 11.4. The molecule has 0 aliphatic carbocycles. The molecule has 84 valence electrons. The third kappa shape index (κ3) is 3.73. The number of alkyl halides is 2. The Kier molecular flexibility index (Phi) is 4.43. The minimum absolute atomic E-state index is 0.0143. The largest absolute Gasteiger partial charge is 0.481 e. The maximum atomic E-state index is 12.3. The Hall–Kier alpha value is -0.730. The molecular weight excluding hydrogens is 321 g/mol. The van der Waals surface area contributed by atoms with E-state index in [2.05, 4.69) is 5.10 Å². The number of nitrogens with zero attached hydrogens (tertiary/aromatic N) is 2. The van der Waals surface area contributed by atoms with Crippen molar-refractivity contribution in [3.63, 3.8) is 0 Å². The summed E-state index contributed by atoms with van der Waals surface area (Å²) in [6.07, 6.45) is -0.697. The lowest BCUT2D eigenvalue weighted by Crippen LogP contribution is -2.03. The topological polar surface area (TPSA) is 55.1 Å². The van der Waals surface area contributed by atoms with Crippen molar-refractivity contribution < 1.29 is 18.7 Å². The van der Waals surface area contributed by atoms with Gasteiger partial charge in [-0.25, -0.2) is 8.78 Å². The van der Waals surface area contributed by atoms with E-state index in [4.69, 9.17) is 5.11 Å². The number of aliphatic carboxylic acids is 1. The molecule has 0 amide bonds. The highest BCUT2D eigenvalue weighted by atomic mass is 127. The lowest BCUT2D eigenvalue weighted by atomic mass is 10.3. The third-order valence-corrected chi connectivity index (χ3v) is 2.56. The smallest absolute Gasteiger partial charge is 0.303 e. The molecule has 1 N–H and O–H groups in total. The molecule has 0 unspecified atom stereocenters. The zero-order valence-electron chi connectivity index (χ0n) is 7.66. The molecule has 0 saturated heterocycles. The van der Waals surface area contributed by atoms with Gasteiger partial charge < -0.3 is 5.11 Å². The first-order valence-corrected chi connectivity index (χ1v) is 5.31. The Morgan fingerprint density at radius 1 is 1.67 bits per heavy atom. The number of carboxylic acids is 1. The molecule has 1 aromatic heterocycles. The monoisotopic (exact) mass is 330 g/mol. The summed E-state index contributed by atoms with van der Waals surface area (Å²) in [5.74, 6) is -0.897. The first-order valence-electron chi connectivity index (χ1n) is 4.23. The van der Waals surface area contributed by atoms with E-state index in [1.807, 2.05) is 0 Å². The Balaban J connectivity index is 2.55. The van der Waals surface area contributed by atoms with Crippen LogP contribution in [-0.4, -0.2) is 20.9 Å². The van der Waals surface area contributed by atoms with Crippen molar-refractivity contribution in [1.29, 1.82) is 0 Å². The molecule has 0 saturated carbocycles. The second-order valence-corrected chi connectivity index (χ2v) is 4.09. The van der Waals surface area contributed by atoms with E-state index >= 15 is 0 Å². The van der Waals surface area contributed by atoms with Crippen molar-refractivity contribution in [3.8, 4) is 0 Å². The molecule has 1 rings (SSSR count). The van der Waals surface area contributed by atoms with Crippen LogP contribution >= 0.6 is 22.6 Å². The van der Waals surface area contributed by atoms with Crippen LogP contribution in [0.3, 0.4) is 0 Å². The van der Waals surface area contributed by atoms with Crippen molar-refractivity contribution in [1.82, 2.24) is 9.78 Å². The van der Waals surface area contributed by atoms with Crippen LogP contribution in [0, 0.1) is 3.57 Å². The molecule has 0 aromatic carbocycles. The highest BCUT2D eigenvalue weighted by molar-refractivity contribution is 14.1. The quantitative estimate of drug-likeness (QED) is 0.843. The first-order chi connectivity index (χ1) is 7.00. The Morgan fingerprint density at radius 3 is 2.80 bits per heavy atom. The zero-order valence-corrected chi connectivity index (χ0v) is 9.82. The van der Waals surface area contributed by atoms with Crippen molar-refractivity contribution in [3.05, 3.63) is 15.5 Å². The van der Waals surface area contributed by atoms with Crippen LogP contribution in [0.1, 0.15) is 25.0 Å². The van der Waals surface area contributed by atoms with Crippen LogP contribution < -0.4 is 0 Å². The number of carbonyl (C=O) groups is 1. The van der Waals surface area contributed by atoms with Crippen LogP contribution in [-0.2, 0) is 11.3 Å². The van der Waals surface area contributed by atoms with E-state index in [0.29, 0.717) is 16.5 Å². The molecule has 0 aliphatic rings. The molecule has 4 nitrogen and oxygen atoms in total. The van der Waals surface area contributed by atoms with Gasteiger partial charge in [-0.05, 0) is 29.0 Å². The third-order valence-electron chi connectivity index (χ3n) is 1.73. The van der Waals surface area contributed by atoms with E-state index in [1.165, 1.54) is 10.9 Å². The summed E-state index contributed by atoms with van der Waals surface area (Å²) in [5.41, 5.74) is -0.245. The van der Waals surface area contributed by atoms with Crippen LogP contribution in [0.5, 0.6) is 0 Å². The fourth-order valence-electron chi connectivity index (χ4n) is 1.07. The lowest BCUT2D eigenvalue weighted by molar-refractivity contribution is -0.137. The summed E-state index contributed by atoms with van der Waals surface area (Å²) in [4.78, 5) is 10.2. The molecule has 0 fully saturated rings. The first kappa shape index (κ1) is 12.3. The van der Waals surface area contributed by atoms with Crippen molar-refractivity contribution in [2.24, 2.45) is 0 Å². The molecule has 0 spiro atoms. The number of hydrogen-bond donors (Lipinski definition) is 1. The number of rotatable bonds is 5. The summed E-state index contributed by atoms with van der Waals surface area (Å²) < 4.78 is 26.4. The van der Waals surface area contributed by atoms with Gasteiger partial charge in [-0.2, -0.15) is 5.10 Å². The maximum Gasteiger partial charge on any atom is 0.303 e. The molecule has 0 bridgehead atoms. The van der Waals surface area contributed by atoms with Gasteiger partial charge in [0, 0.05) is 19.2 Å². The molecular formula is C8H9F2IN2O2. The molecule has 7 heteroatoms. The van der Waals surface area contributed by atoms with Crippen LogP contribution in [0.4, 0.5) is 8.78 Å². The van der Waals surface area contributed by atoms with Gasteiger partial charge in [0.1, 0.15) is 5.69 Å². The molecule has 1 heterocycles. The van der Waals surface area contributed by atoms with Crippen molar-refractivity contribution >= 4 is 28.6 Å². The highest BCUT2D eigenvalue weighted by Gasteiger charge is 2.16. The van der Waals surface area contributed by atoms with Crippen LogP contribution in [0.25, 0.3) is 0 Å². The van der Waals surface area contributed by atoms with E-state index in [1.54, 1.807) is 22.6 Å². The number of carboxylic acid groups (broad SMARTS) is 1. The molecule has 0 aliphatic heterocycles. The van der Waals surface area contributed by atoms with Gasteiger partial charge in [-0.15, -0.1) is 0 Å². The van der Waals surface area contributed by atoms with E-state index in [-0.39, 0.29) is 12.1 Å². The molecule has 15 heavy (non-hydrogen) atoms. The Morgan fingerprint density at radius 2 is 2.33 bits per heavy atom. The molecule has 1 aromatic rings. The van der Waals surface area contributed by atoms with Gasteiger partial charge in [-0.3, -0.25) is 9.48 Å². The van der Waals surface area contributed by atoms with Crippen molar-refractivity contribution in [2.75, 3.05) is 0 Å². The molecule has 0 atom stereocenters. The van der Waals surface area contributed by atoms with E-state index < -0.39 is 12.4 Å². The predicted molar refractivity (Wildman–Crippen MR) is 56.8 cm³/mol. The Labute approximate surface area is 98.4 Å². The van der Waals surface area contributed by atoms with Gasteiger partial charge >= 0.3 is 5.97 Å². The number of aromatic nitrogens is 2. The fraction of sp³-hybridized carbons (Fsp3) is 0.500. The summed E-state index contributed by atoms with van der Waals surface area (Å²) in [6.45, 7) is 0.342. The minimum Gasteiger partial charge on any atom is -0.481 e. The summed E-state index contributed by atoms with van der Waals surface area (Å²) in [7, 11) is 0. The van der Waals surface area contributed by atoms with Gasteiger partial charge in [0.2, 0.25) is 0 Å². The normalized spacial score (nSPS) is 10.9. The number of aryl methyl sites for hydroxylation is 1. The summed E-state index contributed by atoms with van der Waals surface area (Å²) >= 11 is 1.78. The average Bonchev–Trinajstić information content (AvgIpc) is 2.46. The van der Waals surface area contributed by atoms with Gasteiger partial charge in [0.05, 0.1) is 3.57 Å². The average molecular weight is 330 g/mol. The second-order valence-electron chi connectivity index (χ2n) is 2.92. The summed E-state index contributed by atoms with van der Waals surface area (Å²) in [6, 6.07) is 0. The minimum atomic E-state index is -2.59. The van der Waals surface area contributed by atoms with Crippen molar-refractivity contribution in [2.45, 2.75) is 25.8 Å². The number of halogens is 3. The highest BCUT2D eigenvalue weighted by Crippen LogP contribution is 2.22. The van der Waals surface area contributed by atoms with Gasteiger partial charge in [-0.1, -0.05) is 0 Å². The van der Waals surface area contributed by atoms with E-state index in [0.717, 1.165) is 0 Å². The van der Waals surface area contributed by atoms with Gasteiger partial charge in [0.25, 0.3) is 6.43 Å². The lowest BCUT2D eigenvalue weighted by Gasteiger charge is -1.98. The SMILES string of the molecule is O=C(O)CCCn1cc(I)c(C(F)F)n1. The summed E-state index contributed by atoms with van der Waals surface area (Å²) in [5, 5.41) is 12.1. The van der Waals surface area contributed by atoms with Crippen LogP contribution in [0.15, 0.2) is 6.20 Å².